The molecule has 2 rings (SSSR count). The fourth-order valence-electron chi connectivity index (χ4n) is 2.29. The first kappa shape index (κ1) is 22.1. The van der Waals surface area contributed by atoms with E-state index in [2.05, 4.69) is 19.5 Å². The van der Waals surface area contributed by atoms with E-state index < -0.39 is 16.9 Å². The van der Waals surface area contributed by atoms with Crippen LogP contribution in [-0.4, -0.2) is 31.1 Å². The third kappa shape index (κ3) is 5.29. The predicted octanol–water partition coefficient (Wildman–Crippen LogP) is 4.41. The normalized spacial score (nSPS) is 9.29. The summed E-state index contributed by atoms with van der Waals surface area (Å²) in [6.07, 6.45) is 0. The van der Waals surface area contributed by atoms with E-state index in [4.69, 9.17) is 5.53 Å². The Labute approximate surface area is 160 Å². The number of hydrogen-bond acceptors (Lipinski definition) is 7. The van der Waals surface area contributed by atoms with Gasteiger partial charge in [-0.05, 0) is 37.1 Å². The molecule has 10 heteroatoms. The van der Waals surface area contributed by atoms with Crippen LogP contribution in [-0.2, 0) is 9.47 Å². The van der Waals surface area contributed by atoms with Crippen LogP contribution >= 0.6 is 0 Å². The second-order valence-corrected chi connectivity index (χ2v) is 5.37. The standard InChI is InChI=1S/C9H9N3O2.C9H9NO4/c1-6-4-3-5-7(9(13)14-2)8(6)11-12-10;1-6-4-3-5-7(9(11)14-2)8(6)10(12)13/h2*3-5H,1-2H3. The lowest BCUT2D eigenvalue weighted by atomic mass is 10.1. The van der Waals surface area contributed by atoms with Crippen LogP contribution in [0.5, 0.6) is 0 Å². The van der Waals surface area contributed by atoms with Crippen LogP contribution in [0.15, 0.2) is 41.5 Å². The van der Waals surface area contributed by atoms with Gasteiger partial charge >= 0.3 is 11.9 Å². The van der Waals surface area contributed by atoms with Gasteiger partial charge in [0.2, 0.25) is 0 Å². The molecule has 0 aromatic heterocycles. The molecule has 0 unspecified atom stereocenters. The van der Waals surface area contributed by atoms with Gasteiger partial charge in [-0.15, -0.1) is 0 Å². The van der Waals surface area contributed by atoms with E-state index in [0.29, 0.717) is 11.3 Å². The number of esters is 2. The number of para-hydroxylation sites is 1. The summed E-state index contributed by atoms with van der Waals surface area (Å²) in [5.41, 5.74) is 9.91. The zero-order valence-corrected chi connectivity index (χ0v) is 15.7. The minimum atomic E-state index is -0.694. The van der Waals surface area contributed by atoms with Crippen LogP contribution in [0.3, 0.4) is 0 Å². The Hall–Kier alpha value is -3.91. The molecule has 0 spiro atoms. The Kier molecular flexibility index (Phi) is 8.13. The Bertz CT molecular complexity index is 888. The van der Waals surface area contributed by atoms with Gasteiger partial charge in [0.1, 0.15) is 5.56 Å². The highest BCUT2D eigenvalue weighted by atomic mass is 16.6. The molecular weight excluding hydrogens is 368 g/mol. The number of nitro groups is 1. The highest BCUT2D eigenvalue weighted by Gasteiger charge is 2.22. The number of benzene rings is 2. The molecule has 0 aliphatic carbocycles. The maximum absolute atomic E-state index is 11.3. The molecule has 2 aromatic carbocycles. The number of azide groups is 1. The number of nitro benzene ring substituents is 1. The van der Waals surface area contributed by atoms with Crippen LogP contribution in [0, 0.1) is 24.0 Å². The fourth-order valence-corrected chi connectivity index (χ4v) is 2.29. The molecule has 10 nitrogen and oxygen atoms in total. The van der Waals surface area contributed by atoms with Gasteiger partial charge in [0, 0.05) is 10.5 Å². The number of aryl methyl sites for hydroxylation is 2. The zero-order valence-electron chi connectivity index (χ0n) is 15.7. The number of methoxy groups -OCH3 is 2. The Morgan fingerprint density at radius 2 is 1.50 bits per heavy atom. The van der Waals surface area contributed by atoms with Gasteiger partial charge in [-0.25, -0.2) is 9.59 Å². The summed E-state index contributed by atoms with van der Waals surface area (Å²) in [6, 6.07) is 9.55. The topological polar surface area (TPSA) is 145 Å². The second-order valence-electron chi connectivity index (χ2n) is 5.37. The Morgan fingerprint density at radius 1 is 1.00 bits per heavy atom. The Morgan fingerprint density at radius 3 is 2.00 bits per heavy atom. The van der Waals surface area contributed by atoms with Gasteiger partial charge in [0.05, 0.1) is 30.4 Å². The van der Waals surface area contributed by atoms with E-state index in [1.807, 2.05) is 0 Å². The molecular formula is C18H18N4O6. The summed E-state index contributed by atoms with van der Waals surface area (Å²) in [5.74, 6) is -1.20. The summed E-state index contributed by atoms with van der Waals surface area (Å²) >= 11 is 0. The SMILES string of the molecule is COC(=O)c1cccc(C)c1N=[N+]=[N-].COC(=O)c1cccc(C)c1[N+](=O)[O-]. The monoisotopic (exact) mass is 386 g/mol. The second kappa shape index (κ2) is 10.3. The van der Waals surface area contributed by atoms with Crippen molar-refractivity contribution in [2.24, 2.45) is 5.11 Å². The van der Waals surface area contributed by atoms with Gasteiger partial charge in [0.15, 0.2) is 0 Å². The fraction of sp³-hybridized carbons (Fsp3) is 0.222. The molecule has 0 amide bonds. The van der Waals surface area contributed by atoms with E-state index in [0.717, 1.165) is 5.56 Å². The average molecular weight is 386 g/mol. The van der Waals surface area contributed by atoms with E-state index in [9.17, 15) is 19.7 Å². The summed E-state index contributed by atoms with van der Waals surface area (Å²) in [6.45, 7) is 3.33. The number of carbonyl (C=O) groups excluding carboxylic acids is 2. The van der Waals surface area contributed by atoms with Crippen LogP contribution in [0.2, 0.25) is 0 Å². The predicted molar refractivity (Wildman–Crippen MR) is 100 cm³/mol. The van der Waals surface area contributed by atoms with Crippen LogP contribution < -0.4 is 0 Å². The van der Waals surface area contributed by atoms with E-state index in [1.165, 1.54) is 20.3 Å². The van der Waals surface area contributed by atoms with Crippen molar-refractivity contribution in [2.75, 3.05) is 14.2 Å². The number of nitrogens with zero attached hydrogens (tertiary/aromatic N) is 4. The summed E-state index contributed by atoms with van der Waals surface area (Å²) in [7, 11) is 2.47. The van der Waals surface area contributed by atoms with E-state index >= 15 is 0 Å². The molecule has 0 N–H and O–H groups in total. The van der Waals surface area contributed by atoms with Crippen molar-refractivity contribution >= 4 is 23.3 Å². The van der Waals surface area contributed by atoms with Crippen LogP contribution in [0.25, 0.3) is 10.4 Å². The van der Waals surface area contributed by atoms with E-state index in [-0.39, 0.29) is 16.8 Å². The van der Waals surface area contributed by atoms with Crippen LogP contribution in [0.1, 0.15) is 31.8 Å². The molecule has 0 heterocycles. The molecule has 0 aliphatic rings. The summed E-state index contributed by atoms with van der Waals surface area (Å²) < 4.78 is 8.99. The summed E-state index contributed by atoms with van der Waals surface area (Å²) in [4.78, 5) is 35.2. The van der Waals surface area contributed by atoms with Gasteiger partial charge in [0.25, 0.3) is 5.69 Å². The minimum Gasteiger partial charge on any atom is -0.465 e. The highest BCUT2D eigenvalue weighted by Crippen LogP contribution is 2.25. The van der Waals surface area contributed by atoms with Gasteiger partial charge in [-0.3, -0.25) is 10.1 Å². The lowest BCUT2D eigenvalue weighted by Gasteiger charge is -2.04. The molecule has 0 atom stereocenters. The number of hydrogen-bond donors (Lipinski definition) is 0. The first-order valence-electron chi connectivity index (χ1n) is 7.83. The van der Waals surface area contributed by atoms with Crippen molar-refractivity contribution in [3.8, 4) is 0 Å². The number of ether oxygens (including phenoxy) is 2. The minimum absolute atomic E-state index is 0.0162. The highest BCUT2D eigenvalue weighted by molar-refractivity contribution is 5.95. The lowest BCUT2D eigenvalue weighted by molar-refractivity contribution is -0.385. The largest absolute Gasteiger partial charge is 0.465 e. The third-order valence-corrected chi connectivity index (χ3v) is 3.61. The van der Waals surface area contributed by atoms with Crippen molar-refractivity contribution in [1.29, 1.82) is 0 Å². The van der Waals surface area contributed by atoms with Gasteiger partial charge < -0.3 is 9.47 Å². The maximum Gasteiger partial charge on any atom is 0.344 e. The van der Waals surface area contributed by atoms with Crippen molar-refractivity contribution in [1.82, 2.24) is 0 Å². The smallest absolute Gasteiger partial charge is 0.344 e. The molecule has 146 valence electrons. The number of carbonyl (C=O) groups is 2. The van der Waals surface area contributed by atoms with Crippen molar-refractivity contribution in [3.05, 3.63) is 79.2 Å². The molecule has 0 aliphatic heterocycles. The van der Waals surface area contributed by atoms with E-state index in [1.54, 1.807) is 44.2 Å². The molecule has 0 radical (unpaired) electrons. The quantitative estimate of drug-likeness (QED) is 0.190. The van der Waals surface area contributed by atoms with Crippen molar-refractivity contribution in [2.45, 2.75) is 13.8 Å². The van der Waals surface area contributed by atoms with Crippen molar-refractivity contribution in [3.63, 3.8) is 0 Å². The van der Waals surface area contributed by atoms with Gasteiger partial charge in [-0.2, -0.15) is 0 Å². The average Bonchev–Trinajstić information content (AvgIpc) is 2.68. The van der Waals surface area contributed by atoms with Crippen LogP contribution in [0.4, 0.5) is 11.4 Å². The molecule has 0 saturated heterocycles. The first-order chi connectivity index (χ1) is 13.3. The molecule has 0 bridgehead atoms. The molecule has 0 saturated carbocycles. The van der Waals surface area contributed by atoms with Gasteiger partial charge in [-0.1, -0.05) is 29.4 Å². The Balaban J connectivity index is 0.000000280. The van der Waals surface area contributed by atoms with Crippen molar-refractivity contribution < 1.29 is 24.0 Å². The summed E-state index contributed by atoms with van der Waals surface area (Å²) in [5, 5.41) is 14.1. The molecule has 28 heavy (non-hydrogen) atoms. The number of rotatable bonds is 4. The zero-order chi connectivity index (χ0) is 21.3. The molecule has 2 aromatic rings. The first-order valence-corrected chi connectivity index (χ1v) is 7.83. The maximum atomic E-state index is 11.3. The molecule has 0 fully saturated rings. The lowest BCUT2D eigenvalue weighted by Crippen LogP contribution is -2.06. The third-order valence-electron chi connectivity index (χ3n) is 3.61.